The maximum atomic E-state index is 12.9. The van der Waals surface area contributed by atoms with Crippen LogP contribution < -0.4 is 10.6 Å². The van der Waals surface area contributed by atoms with E-state index in [1.54, 1.807) is 31.2 Å². The zero-order valence-corrected chi connectivity index (χ0v) is 31.6. The van der Waals surface area contributed by atoms with Crippen molar-refractivity contribution in [3.8, 4) is 0 Å². The fraction of sp³-hybridized carbons (Fsp3) is 0.368. The molecule has 4 rings (SSSR count). The molecular formula is C38H41Cl4F7N2. The summed E-state index contributed by atoms with van der Waals surface area (Å²) in [6.07, 6.45) is -6.52. The summed E-state index contributed by atoms with van der Waals surface area (Å²) in [6.45, 7) is 8.56. The van der Waals surface area contributed by atoms with Crippen LogP contribution in [0.2, 0.25) is 20.1 Å². The zero-order chi connectivity index (χ0) is 38.4. The van der Waals surface area contributed by atoms with Gasteiger partial charge >= 0.3 is 12.4 Å². The van der Waals surface area contributed by atoms with Gasteiger partial charge in [0.1, 0.15) is 5.82 Å². The Hall–Kier alpha value is -2.53. The highest BCUT2D eigenvalue weighted by Gasteiger charge is 2.36. The molecule has 0 unspecified atom stereocenters. The lowest BCUT2D eigenvalue weighted by molar-refractivity contribution is -0.143. The van der Waals surface area contributed by atoms with Gasteiger partial charge in [-0.2, -0.15) is 26.3 Å². The molecule has 0 aromatic heterocycles. The van der Waals surface area contributed by atoms with E-state index in [1.807, 2.05) is 38.1 Å². The van der Waals surface area contributed by atoms with Crippen molar-refractivity contribution in [2.45, 2.75) is 90.9 Å². The van der Waals surface area contributed by atoms with Crippen LogP contribution in [0, 0.1) is 5.82 Å². The molecule has 13 heteroatoms. The summed E-state index contributed by atoms with van der Waals surface area (Å²) in [4.78, 5) is 0. The molecule has 0 radical (unpaired) electrons. The molecule has 0 amide bonds. The standard InChI is InChI=1S/C19H17Cl2F6N.C17H18Cl2FN.C2H6/c1-11(2-3-12-4-5-16(20)17(21)8-12)28-10-13-6-14(18(22,23)24)9-15(7-13)19(25,26)27;1-12(21-11-14-4-7-15(20)8-5-14)2-3-13-6-9-16(18)17(19)10-13;1-2/h4-9,11,28H,2-3,10H2,1H3;4-10,12,21H,2-3,11H2,1H3;1-2H3/t11-;12-;/m11./s1. The SMILES string of the molecule is CC.C[C@H](CCc1ccc(Cl)c(Cl)c1)NCc1cc(C(F)(F)F)cc(C(F)(F)F)c1.C[C@H](CCc1ccc(Cl)c(Cl)c1)NCc1ccc(F)cc1. The topological polar surface area (TPSA) is 24.1 Å². The first-order valence-corrected chi connectivity index (χ1v) is 17.8. The normalized spacial score (nSPS) is 12.7. The van der Waals surface area contributed by atoms with Crippen LogP contribution in [0.1, 0.15) is 73.9 Å². The fourth-order valence-electron chi connectivity index (χ4n) is 4.67. The lowest BCUT2D eigenvalue weighted by Gasteiger charge is -2.17. The van der Waals surface area contributed by atoms with Crippen LogP contribution in [0.15, 0.2) is 78.9 Å². The van der Waals surface area contributed by atoms with Crippen molar-refractivity contribution in [1.82, 2.24) is 10.6 Å². The van der Waals surface area contributed by atoms with E-state index in [4.69, 9.17) is 46.4 Å². The van der Waals surface area contributed by atoms with Gasteiger partial charge in [0.25, 0.3) is 0 Å². The molecule has 0 bridgehead atoms. The van der Waals surface area contributed by atoms with Gasteiger partial charge in [0, 0.05) is 25.2 Å². The van der Waals surface area contributed by atoms with Crippen LogP contribution in [-0.4, -0.2) is 12.1 Å². The first-order chi connectivity index (χ1) is 23.9. The Labute approximate surface area is 315 Å². The van der Waals surface area contributed by atoms with E-state index in [0.29, 0.717) is 39.0 Å². The highest BCUT2D eigenvalue weighted by atomic mass is 35.5. The number of halogens is 11. The third-order valence-electron chi connectivity index (χ3n) is 7.57. The number of nitrogens with one attached hydrogen (secondary N) is 2. The van der Waals surface area contributed by atoms with E-state index in [-0.39, 0.29) is 30.0 Å². The molecule has 51 heavy (non-hydrogen) atoms. The lowest BCUT2D eigenvalue weighted by atomic mass is 10.0. The number of benzene rings is 4. The molecule has 0 saturated heterocycles. The summed E-state index contributed by atoms with van der Waals surface area (Å²) < 4.78 is 90.2. The highest BCUT2D eigenvalue weighted by molar-refractivity contribution is 6.42. The minimum Gasteiger partial charge on any atom is -0.310 e. The summed E-state index contributed by atoms with van der Waals surface area (Å²) in [6, 6.07) is 19.3. The molecule has 2 atom stereocenters. The third kappa shape index (κ3) is 16.4. The van der Waals surface area contributed by atoms with Gasteiger partial charge < -0.3 is 10.6 Å². The molecule has 0 aliphatic carbocycles. The zero-order valence-electron chi connectivity index (χ0n) is 28.6. The van der Waals surface area contributed by atoms with Gasteiger partial charge in [-0.05, 0) is 116 Å². The summed E-state index contributed by atoms with van der Waals surface area (Å²) in [7, 11) is 0. The van der Waals surface area contributed by atoms with Crippen molar-refractivity contribution >= 4 is 46.4 Å². The molecule has 0 aliphatic heterocycles. The first-order valence-electron chi connectivity index (χ1n) is 16.3. The summed E-state index contributed by atoms with van der Waals surface area (Å²) in [5.41, 5.74) is 0.479. The Morgan fingerprint density at radius 2 is 0.882 bits per heavy atom. The Morgan fingerprint density at radius 3 is 1.25 bits per heavy atom. The van der Waals surface area contributed by atoms with Gasteiger partial charge in [-0.15, -0.1) is 0 Å². The van der Waals surface area contributed by atoms with Crippen LogP contribution in [0.25, 0.3) is 0 Å². The Kier molecular flexibility index (Phi) is 18.6. The van der Waals surface area contributed by atoms with E-state index in [2.05, 4.69) is 17.6 Å². The maximum absolute atomic E-state index is 12.9. The predicted molar refractivity (Wildman–Crippen MR) is 196 cm³/mol. The molecule has 2 nitrogen and oxygen atoms in total. The summed E-state index contributed by atoms with van der Waals surface area (Å²) in [5.74, 6) is -0.202. The first kappa shape index (κ1) is 44.6. The highest BCUT2D eigenvalue weighted by Crippen LogP contribution is 2.36. The van der Waals surface area contributed by atoms with Crippen molar-refractivity contribution in [3.63, 3.8) is 0 Å². The monoisotopic (exact) mass is 798 g/mol. The minimum atomic E-state index is -4.85. The van der Waals surface area contributed by atoms with E-state index in [1.165, 1.54) is 17.7 Å². The van der Waals surface area contributed by atoms with Crippen molar-refractivity contribution in [2.75, 3.05) is 0 Å². The quantitative estimate of drug-likeness (QED) is 0.140. The van der Waals surface area contributed by atoms with Crippen molar-refractivity contribution in [1.29, 1.82) is 0 Å². The number of aryl methyl sites for hydroxylation is 2. The summed E-state index contributed by atoms with van der Waals surface area (Å²) in [5, 5.41) is 8.43. The summed E-state index contributed by atoms with van der Waals surface area (Å²) >= 11 is 23.7. The lowest BCUT2D eigenvalue weighted by Crippen LogP contribution is -2.26. The van der Waals surface area contributed by atoms with E-state index >= 15 is 0 Å². The number of alkyl halides is 6. The van der Waals surface area contributed by atoms with Crippen molar-refractivity contribution in [2.24, 2.45) is 0 Å². The average Bonchev–Trinajstić information content (AvgIpc) is 3.08. The second kappa shape index (κ2) is 21.2. The smallest absolute Gasteiger partial charge is 0.310 e. The number of rotatable bonds is 12. The minimum absolute atomic E-state index is 0.0801. The van der Waals surface area contributed by atoms with Crippen LogP contribution in [0.3, 0.4) is 0 Å². The number of hydrogen-bond acceptors (Lipinski definition) is 2. The van der Waals surface area contributed by atoms with Gasteiger partial charge in [0.15, 0.2) is 0 Å². The fourth-order valence-corrected chi connectivity index (χ4v) is 5.31. The predicted octanol–water partition coefficient (Wildman–Crippen LogP) is 13.4. The Balaban J connectivity index is 0.000000349. The van der Waals surface area contributed by atoms with Crippen LogP contribution in [0.4, 0.5) is 30.7 Å². The molecule has 0 saturated carbocycles. The van der Waals surface area contributed by atoms with Crippen LogP contribution in [-0.2, 0) is 38.3 Å². The molecule has 280 valence electrons. The maximum Gasteiger partial charge on any atom is 0.416 e. The second-order valence-electron chi connectivity index (χ2n) is 11.7. The van der Waals surface area contributed by atoms with E-state index in [9.17, 15) is 30.7 Å². The molecule has 0 spiro atoms. The molecule has 0 heterocycles. The van der Waals surface area contributed by atoms with Gasteiger partial charge in [-0.25, -0.2) is 4.39 Å². The Morgan fingerprint density at radius 1 is 0.510 bits per heavy atom. The third-order valence-corrected chi connectivity index (χ3v) is 9.05. The van der Waals surface area contributed by atoms with Gasteiger partial charge in [0.2, 0.25) is 0 Å². The van der Waals surface area contributed by atoms with E-state index in [0.717, 1.165) is 42.6 Å². The molecular weight excluding hydrogens is 759 g/mol. The molecule has 0 fully saturated rings. The number of hydrogen-bond donors (Lipinski definition) is 2. The van der Waals surface area contributed by atoms with Gasteiger partial charge in [0.05, 0.1) is 31.2 Å². The van der Waals surface area contributed by atoms with Crippen LogP contribution in [0.5, 0.6) is 0 Å². The van der Waals surface area contributed by atoms with Crippen molar-refractivity contribution < 1.29 is 30.7 Å². The molecule has 4 aromatic rings. The average molecular weight is 801 g/mol. The largest absolute Gasteiger partial charge is 0.416 e. The molecule has 4 aromatic carbocycles. The van der Waals surface area contributed by atoms with Crippen LogP contribution >= 0.6 is 46.4 Å². The molecule has 0 aliphatic rings. The molecule has 2 N–H and O–H groups in total. The van der Waals surface area contributed by atoms with Gasteiger partial charge in [-0.3, -0.25) is 0 Å². The second-order valence-corrected chi connectivity index (χ2v) is 13.3. The van der Waals surface area contributed by atoms with Gasteiger partial charge in [-0.1, -0.05) is 84.5 Å². The Bertz CT molecular complexity index is 1610. The van der Waals surface area contributed by atoms with E-state index < -0.39 is 23.5 Å². The van der Waals surface area contributed by atoms with Crippen molar-refractivity contribution in [3.05, 3.63) is 138 Å².